The van der Waals surface area contributed by atoms with Crippen molar-refractivity contribution < 1.29 is 19.1 Å². The molecule has 1 atom stereocenters. The van der Waals surface area contributed by atoms with Gasteiger partial charge in [0.15, 0.2) is 6.61 Å². The number of aryl methyl sites for hydroxylation is 1. The Morgan fingerprint density at radius 3 is 2.59 bits per heavy atom. The molecule has 2 aromatic carbocycles. The molecule has 0 aromatic heterocycles. The summed E-state index contributed by atoms with van der Waals surface area (Å²) in [4.78, 5) is 37.6. The second kappa shape index (κ2) is 8.96. The zero-order valence-corrected chi connectivity index (χ0v) is 17.0. The fourth-order valence-electron chi connectivity index (χ4n) is 3.08. The van der Waals surface area contributed by atoms with Crippen LogP contribution < -0.4 is 20.3 Å². The van der Waals surface area contributed by atoms with Gasteiger partial charge in [0.2, 0.25) is 11.8 Å². The van der Waals surface area contributed by atoms with Crippen LogP contribution in [0.5, 0.6) is 5.75 Å². The molecule has 152 valence electrons. The molecule has 0 spiro atoms. The van der Waals surface area contributed by atoms with Crippen LogP contribution in [0, 0.1) is 12.8 Å². The first-order chi connectivity index (χ1) is 13.9. The zero-order valence-electron chi connectivity index (χ0n) is 16.2. The van der Waals surface area contributed by atoms with Crippen LogP contribution in [0.4, 0.5) is 11.4 Å². The summed E-state index contributed by atoms with van der Waals surface area (Å²) in [5, 5.41) is 5.88. The quantitative estimate of drug-likeness (QED) is 0.759. The molecule has 29 heavy (non-hydrogen) atoms. The molecule has 0 saturated carbocycles. The number of carbonyl (C=O) groups is 3. The van der Waals surface area contributed by atoms with E-state index in [1.54, 1.807) is 48.3 Å². The molecule has 1 aliphatic heterocycles. The largest absolute Gasteiger partial charge is 0.484 e. The normalized spacial score (nSPS) is 15.9. The minimum atomic E-state index is -0.345. The summed E-state index contributed by atoms with van der Waals surface area (Å²) >= 11 is 6.05. The van der Waals surface area contributed by atoms with E-state index in [4.69, 9.17) is 16.3 Å². The first-order valence-corrected chi connectivity index (χ1v) is 9.56. The van der Waals surface area contributed by atoms with E-state index in [0.29, 0.717) is 28.7 Å². The van der Waals surface area contributed by atoms with Crippen molar-refractivity contribution >= 4 is 40.7 Å². The molecule has 1 aliphatic rings. The van der Waals surface area contributed by atoms with Crippen LogP contribution >= 0.6 is 11.6 Å². The summed E-state index contributed by atoms with van der Waals surface area (Å²) < 4.78 is 5.50. The fourth-order valence-corrected chi connectivity index (χ4v) is 3.26. The number of hydrogen-bond acceptors (Lipinski definition) is 4. The van der Waals surface area contributed by atoms with E-state index >= 15 is 0 Å². The van der Waals surface area contributed by atoms with E-state index in [1.165, 1.54) is 0 Å². The monoisotopic (exact) mass is 415 g/mol. The van der Waals surface area contributed by atoms with E-state index in [1.807, 2.05) is 13.0 Å². The predicted octanol–water partition coefficient (Wildman–Crippen LogP) is 2.76. The van der Waals surface area contributed by atoms with Crippen LogP contribution in [0.15, 0.2) is 42.5 Å². The fraction of sp³-hybridized carbons (Fsp3) is 0.286. The number of benzene rings is 2. The number of rotatable bonds is 6. The predicted molar refractivity (Wildman–Crippen MR) is 111 cm³/mol. The minimum absolute atomic E-state index is 0.0941. The Morgan fingerprint density at radius 1 is 1.21 bits per heavy atom. The van der Waals surface area contributed by atoms with E-state index in [0.717, 1.165) is 5.56 Å². The van der Waals surface area contributed by atoms with Gasteiger partial charge in [-0.15, -0.1) is 0 Å². The lowest BCUT2D eigenvalue weighted by atomic mass is 10.1. The van der Waals surface area contributed by atoms with Gasteiger partial charge in [0.1, 0.15) is 5.75 Å². The highest BCUT2D eigenvalue weighted by Gasteiger charge is 2.34. The Balaban J connectivity index is 1.54. The number of ether oxygens (including phenoxy) is 1. The summed E-state index contributed by atoms with van der Waals surface area (Å²) in [5.41, 5.74) is 2.22. The van der Waals surface area contributed by atoms with Crippen LogP contribution in [-0.2, 0) is 14.4 Å². The molecule has 3 rings (SSSR count). The Morgan fingerprint density at radius 2 is 1.93 bits per heavy atom. The van der Waals surface area contributed by atoms with E-state index in [9.17, 15) is 14.4 Å². The molecular weight excluding hydrogens is 394 g/mol. The second-order valence-corrected chi connectivity index (χ2v) is 7.22. The van der Waals surface area contributed by atoms with Crippen molar-refractivity contribution in [1.29, 1.82) is 0 Å². The molecule has 7 nitrogen and oxygen atoms in total. The Kier molecular flexibility index (Phi) is 6.39. The van der Waals surface area contributed by atoms with Crippen molar-refractivity contribution in [1.82, 2.24) is 5.32 Å². The van der Waals surface area contributed by atoms with Crippen LogP contribution in [0.25, 0.3) is 0 Å². The van der Waals surface area contributed by atoms with Gasteiger partial charge in [0.05, 0.1) is 5.92 Å². The lowest BCUT2D eigenvalue weighted by Crippen LogP contribution is -2.30. The van der Waals surface area contributed by atoms with Crippen molar-refractivity contribution in [3.63, 3.8) is 0 Å². The Bertz CT molecular complexity index is 930. The topological polar surface area (TPSA) is 87.7 Å². The molecule has 0 radical (unpaired) electrons. The highest BCUT2D eigenvalue weighted by Crippen LogP contribution is 2.27. The van der Waals surface area contributed by atoms with E-state index in [2.05, 4.69) is 10.6 Å². The van der Waals surface area contributed by atoms with Crippen molar-refractivity contribution in [2.45, 2.75) is 13.3 Å². The number of anilines is 2. The maximum atomic E-state index is 12.2. The number of nitrogens with zero attached hydrogens (tertiary/aromatic N) is 1. The van der Waals surface area contributed by atoms with Gasteiger partial charge in [-0.25, -0.2) is 0 Å². The molecule has 1 saturated heterocycles. The van der Waals surface area contributed by atoms with Gasteiger partial charge in [-0.3, -0.25) is 14.4 Å². The summed E-state index contributed by atoms with van der Waals surface area (Å²) in [6, 6.07) is 12.1. The average molecular weight is 416 g/mol. The first-order valence-electron chi connectivity index (χ1n) is 9.18. The van der Waals surface area contributed by atoms with Crippen LogP contribution in [0.3, 0.4) is 0 Å². The third-order valence-corrected chi connectivity index (χ3v) is 5.12. The van der Waals surface area contributed by atoms with E-state index < -0.39 is 0 Å². The summed E-state index contributed by atoms with van der Waals surface area (Å²) in [6.07, 6.45) is 0.196. The lowest BCUT2D eigenvalue weighted by Gasteiger charge is -2.17. The average Bonchev–Trinajstić information content (AvgIpc) is 3.10. The number of halogens is 1. The summed E-state index contributed by atoms with van der Waals surface area (Å²) in [5.74, 6) is -0.384. The van der Waals surface area contributed by atoms with Crippen LogP contribution in [-0.4, -0.2) is 37.9 Å². The molecule has 2 N–H and O–H groups in total. The third kappa shape index (κ3) is 5.06. The number of nitrogens with one attached hydrogen (secondary N) is 2. The number of hydrogen-bond donors (Lipinski definition) is 2. The highest BCUT2D eigenvalue weighted by molar-refractivity contribution is 6.31. The molecular formula is C21H22ClN3O4. The second-order valence-electron chi connectivity index (χ2n) is 6.81. The Hall–Kier alpha value is -3.06. The number of carbonyl (C=O) groups excluding carboxylic acids is 3. The van der Waals surface area contributed by atoms with Gasteiger partial charge < -0.3 is 20.3 Å². The molecule has 0 bridgehead atoms. The molecule has 8 heteroatoms. The number of amides is 3. The molecule has 1 fully saturated rings. The minimum Gasteiger partial charge on any atom is -0.484 e. The lowest BCUT2D eigenvalue weighted by molar-refractivity contribution is -0.125. The van der Waals surface area contributed by atoms with Gasteiger partial charge in [0, 0.05) is 36.4 Å². The standard InChI is InChI=1S/C21H22ClN3O4/c1-13-3-4-15(10-18(13)22)24-19(26)12-29-17-7-5-16(6-8-17)25-11-14(9-20(25)27)21(28)23-2/h3-8,10,14H,9,11-12H2,1-2H3,(H,23,28)(H,24,26)/t14-/m0/s1. The molecule has 2 aromatic rings. The zero-order chi connectivity index (χ0) is 21.0. The van der Waals surface area contributed by atoms with Crippen molar-refractivity contribution in [3.8, 4) is 5.75 Å². The highest BCUT2D eigenvalue weighted by atomic mass is 35.5. The van der Waals surface area contributed by atoms with Crippen molar-refractivity contribution in [3.05, 3.63) is 53.1 Å². The summed E-state index contributed by atoms with van der Waals surface area (Å²) in [6.45, 7) is 2.07. The molecule has 1 heterocycles. The molecule has 0 aliphatic carbocycles. The van der Waals surface area contributed by atoms with Crippen molar-refractivity contribution in [2.75, 3.05) is 30.4 Å². The maximum absolute atomic E-state index is 12.2. The van der Waals surface area contributed by atoms with Gasteiger partial charge >= 0.3 is 0 Å². The van der Waals surface area contributed by atoms with Crippen LogP contribution in [0.2, 0.25) is 5.02 Å². The maximum Gasteiger partial charge on any atom is 0.262 e. The molecule has 0 unspecified atom stereocenters. The van der Waals surface area contributed by atoms with Crippen LogP contribution in [0.1, 0.15) is 12.0 Å². The summed E-state index contributed by atoms with van der Waals surface area (Å²) in [7, 11) is 1.56. The first kappa shape index (κ1) is 20.7. The van der Waals surface area contributed by atoms with Gasteiger partial charge in [0.25, 0.3) is 5.91 Å². The van der Waals surface area contributed by atoms with Gasteiger partial charge in [-0.1, -0.05) is 17.7 Å². The Labute approximate surface area is 174 Å². The molecule has 3 amide bonds. The van der Waals surface area contributed by atoms with Gasteiger partial charge in [-0.05, 0) is 48.9 Å². The van der Waals surface area contributed by atoms with E-state index in [-0.39, 0.29) is 36.7 Å². The smallest absolute Gasteiger partial charge is 0.262 e. The van der Waals surface area contributed by atoms with Gasteiger partial charge in [-0.2, -0.15) is 0 Å². The van der Waals surface area contributed by atoms with Crippen molar-refractivity contribution in [2.24, 2.45) is 5.92 Å². The SMILES string of the molecule is CNC(=O)[C@H]1CC(=O)N(c2ccc(OCC(=O)Nc3ccc(C)c(Cl)c3)cc2)C1. The third-order valence-electron chi connectivity index (χ3n) is 4.72.